The van der Waals surface area contributed by atoms with E-state index in [0.29, 0.717) is 30.2 Å². The molecule has 1 aliphatic carbocycles. The Hall–Kier alpha value is -1.43. The van der Waals surface area contributed by atoms with Crippen LogP contribution < -0.4 is 5.32 Å². The van der Waals surface area contributed by atoms with Gasteiger partial charge in [-0.15, -0.1) is 0 Å². The lowest BCUT2D eigenvalue weighted by atomic mass is 9.75. The van der Waals surface area contributed by atoms with E-state index in [1.165, 1.54) is 12.8 Å². The zero-order valence-electron chi connectivity index (χ0n) is 17.6. The summed E-state index contributed by atoms with van der Waals surface area (Å²) in [7, 11) is 0. The zero-order valence-corrected chi connectivity index (χ0v) is 17.6. The molecule has 1 fully saturated rings. The molecule has 6 heteroatoms. The van der Waals surface area contributed by atoms with Crippen molar-refractivity contribution in [2.45, 2.75) is 91.3 Å². The van der Waals surface area contributed by atoms with E-state index in [1.807, 2.05) is 4.68 Å². The van der Waals surface area contributed by atoms with Crippen LogP contribution in [0.4, 0.5) is 0 Å². The highest BCUT2D eigenvalue weighted by Crippen LogP contribution is 2.35. The molecule has 4 atom stereocenters. The number of fused-ring (bicyclic) bond motifs is 1. The maximum atomic E-state index is 12.5. The molecule has 1 saturated carbocycles. The molecule has 0 saturated heterocycles. The van der Waals surface area contributed by atoms with Crippen LogP contribution in [-0.2, 0) is 22.5 Å². The molecule has 2 heterocycles. The van der Waals surface area contributed by atoms with Gasteiger partial charge in [0.15, 0.2) is 5.82 Å². The summed E-state index contributed by atoms with van der Waals surface area (Å²) in [6.07, 6.45) is 5.54. The second kappa shape index (κ2) is 8.72. The largest absolute Gasteiger partial charge is 0.368 e. The van der Waals surface area contributed by atoms with E-state index in [1.54, 1.807) is 0 Å². The van der Waals surface area contributed by atoms with Crippen molar-refractivity contribution in [3.05, 3.63) is 11.6 Å². The predicted octanol–water partition coefficient (Wildman–Crippen LogP) is 3.31. The lowest BCUT2D eigenvalue weighted by molar-refractivity contribution is -0.132. The summed E-state index contributed by atoms with van der Waals surface area (Å²) >= 11 is 0. The van der Waals surface area contributed by atoms with Crippen LogP contribution in [0, 0.1) is 17.8 Å². The Morgan fingerprint density at radius 1 is 1.26 bits per heavy atom. The van der Waals surface area contributed by atoms with Gasteiger partial charge in [0.05, 0.1) is 12.6 Å². The number of nitrogens with zero attached hydrogens (tertiary/aromatic N) is 3. The molecule has 1 aromatic rings. The third kappa shape index (κ3) is 5.09. The first-order valence-electron chi connectivity index (χ1n) is 10.7. The van der Waals surface area contributed by atoms with Gasteiger partial charge in [-0.1, -0.05) is 41.0 Å². The molecule has 1 aromatic heterocycles. The van der Waals surface area contributed by atoms with E-state index >= 15 is 0 Å². The van der Waals surface area contributed by atoms with Crippen molar-refractivity contribution in [1.82, 2.24) is 20.1 Å². The fourth-order valence-electron chi connectivity index (χ4n) is 4.45. The molecular formula is C21H36N4O2. The Balaban J connectivity index is 1.49. The third-order valence-corrected chi connectivity index (χ3v) is 6.15. The Labute approximate surface area is 163 Å². The molecule has 0 bridgehead atoms. The zero-order chi connectivity index (χ0) is 19.6. The number of aryl methyl sites for hydroxylation is 1. The number of hydrogen-bond donors (Lipinski definition) is 1. The fourth-order valence-corrected chi connectivity index (χ4v) is 4.45. The van der Waals surface area contributed by atoms with Crippen LogP contribution in [0.5, 0.6) is 0 Å². The number of hydrogen-bond acceptors (Lipinski definition) is 4. The summed E-state index contributed by atoms with van der Waals surface area (Å²) in [5, 5.41) is 7.73. The van der Waals surface area contributed by atoms with E-state index in [2.05, 4.69) is 50.0 Å². The van der Waals surface area contributed by atoms with Gasteiger partial charge >= 0.3 is 0 Å². The maximum absolute atomic E-state index is 12.5. The molecule has 2 aliphatic rings. The van der Waals surface area contributed by atoms with Crippen LogP contribution in [0.25, 0.3) is 0 Å². The molecule has 1 N–H and O–H groups in total. The monoisotopic (exact) mass is 376 g/mol. The minimum atomic E-state index is -0.00613. The van der Waals surface area contributed by atoms with Crippen molar-refractivity contribution in [3.63, 3.8) is 0 Å². The molecule has 3 rings (SSSR count). The van der Waals surface area contributed by atoms with Crippen molar-refractivity contribution < 1.29 is 9.53 Å². The SMILES string of the molecule is CC1CCC(C(C)C)C(OCC(=O)NC2CCc3nc(C(C)C)nn3C2)C1. The number of carbonyl (C=O) groups excluding carboxylic acids is 1. The Morgan fingerprint density at radius 2 is 2.04 bits per heavy atom. The molecule has 0 radical (unpaired) electrons. The molecule has 27 heavy (non-hydrogen) atoms. The third-order valence-electron chi connectivity index (χ3n) is 6.15. The summed E-state index contributed by atoms with van der Waals surface area (Å²) in [6, 6.07) is 0.112. The lowest BCUT2D eigenvalue weighted by Gasteiger charge is -2.37. The smallest absolute Gasteiger partial charge is 0.246 e. The molecule has 152 valence electrons. The second-order valence-electron chi connectivity index (χ2n) is 9.20. The minimum absolute atomic E-state index is 0.00613. The number of rotatable bonds is 6. The van der Waals surface area contributed by atoms with Crippen molar-refractivity contribution in [2.75, 3.05) is 6.61 Å². The van der Waals surface area contributed by atoms with Gasteiger partial charge in [0.1, 0.15) is 12.4 Å². The van der Waals surface area contributed by atoms with Crippen LogP contribution in [0.15, 0.2) is 0 Å². The summed E-state index contributed by atoms with van der Waals surface area (Å²) in [5.41, 5.74) is 0. The first kappa shape index (κ1) is 20.3. The highest BCUT2D eigenvalue weighted by Gasteiger charge is 2.32. The number of ether oxygens (including phenoxy) is 1. The average Bonchev–Trinajstić information content (AvgIpc) is 3.03. The first-order chi connectivity index (χ1) is 12.8. The van der Waals surface area contributed by atoms with Gasteiger partial charge in [-0.25, -0.2) is 9.67 Å². The van der Waals surface area contributed by atoms with Crippen LogP contribution in [-0.4, -0.2) is 39.4 Å². The summed E-state index contributed by atoms with van der Waals surface area (Å²) in [5.74, 6) is 4.11. The van der Waals surface area contributed by atoms with Gasteiger partial charge in [0.25, 0.3) is 0 Å². The molecule has 1 aliphatic heterocycles. The van der Waals surface area contributed by atoms with Crippen molar-refractivity contribution in [2.24, 2.45) is 17.8 Å². The van der Waals surface area contributed by atoms with E-state index in [4.69, 9.17) is 4.74 Å². The van der Waals surface area contributed by atoms with Crippen LogP contribution in [0.3, 0.4) is 0 Å². The Bertz CT molecular complexity index is 640. The topological polar surface area (TPSA) is 69.0 Å². The van der Waals surface area contributed by atoms with Gasteiger partial charge in [-0.2, -0.15) is 5.10 Å². The first-order valence-corrected chi connectivity index (χ1v) is 10.7. The summed E-state index contributed by atoms with van der Waals surface area (Å²) in [6.45, 7) is 11.9. The lowest BCUT2D eigenvalue weighted by Crippen LogP contribution is -2.44. The summed E-state index contributed by atoms with van der Waals surface area (Å²) in [4.78, 5) is 17.1. The van der Waals surface area contributed by atoms with Crippen LogP contribution >= 0.6 is 0 Å². The second-order valence-corrected chi connectivity index (χ2v) is 9.20. The molecule has 4 unspecified atom stereocenters. The molecule has 0 aromatic carbocycles. The number of carbonyl (C=O) groups is 1. The van der Waals surface area contributed by atoms with Crippen molar-refractivity contribution in [1.29, 1.82) is 0 Å². The number of amides is 1. The van der Waals surface area contributed by atoms with Gasteiger partial charge in [-0.05, 0) is 37.0 Å². The molecule has 6 nitrogen and oxygen atoms in total. The molecule has 0 spiro atoms. The standard InChI is InChI=1S/C21H36N4O2/c1-13(2)17-8-6-15(5)10-18(17)27-12-20(26)22-16-7-9-19-23-21(14(3)4)24-25(19)11-16/h13-18H,6-12H2,1-5H3,(H,22,26). The van der Waals surface area contributed by atoms with E-state index in [0.717, 1.165) is 30.9 Å². The number of aromatic nitrogens is 3. The predicted molar refractivity (Wildman–Crippen MR) is 105 cm³/mol. The minimum Gasteiger partial charge on any atom is -0.368 e. The van der Waals surface area contributed by atoms with Gasteiger partial charge in [0.2, 0.25) is 5.91 Å². The van der Waals surface area contributed by atoms with E-state index in [-0.39, 0.29) is 24.7 Å². The normalized spacial score (nSPS) is 28.4. The summed E-state index contributed by atoms with van der Waals surface area (Å²) < 4.78 is 8.05. The quantitative estimate of drug-likeness (QED) is 0.827. The molecular weight excluding hydrogens is 340 g/mol. The van der Waals surface area contributed by atoms with Gasteiger partial charge < -0.3 is 10.1 Å². The number of nitrogens with one attached hydrogen (secondary N) is 1. The van der Waals surface area contributed by atoms with E-state index < -0.39 is 0 Å². The fraction of sp³-hybridized carbons (Fsp3) is 0.857. The molecule has 1 amide bonds. The maximum Gasteiger partial charge on any atom is 0.246 e. The van der Waals surface area contributed by atoms with Crippen LogP contribution in [0.1, 0.15) is 77.9 Å². The Kier molecular flexibility index (Phi) is 6.56. The van der Waals surface area contributed by atoms with Gasteiger partial charge in [-0.3, -0.25) is 4.79 Å². The van der Waals surface area contributed by atoms with E-state index in [9.17, 15) is 4.79 Å². The van der Waals surface area contributed by atoms with Crippen LogP contribution in [0.2, 0.25) is 0 Å². The van der Waals surface area contributed by atoms with Crippen molar-refractivity contribution >= 4 is 5.91 Å². The van der Waals surface area contributed by atoms with Crippen molar-refractivity contribution in [3.8, 4) is 0 Å². The van der Waals surface area contributed by atoms with Gasteiger partial charge in [0, 0.05) is 18.4 Å². The highest BCUT2D eigenvalue weighted by molar-refractivity contribution is 5.77. The average molecular weight is 377 g/mol. The Morgan fingerprint density at radius 3 is 2.74 bits per heavy atom. The highest BCUT2D eigenvalue weighted by atomic mass is 16.5.